The maximum Gasteiger partial charge on any atom is 0.103 e. The molecule has 0 radical (unpaired) electrons. The number of aliphatic hydroxyl groups excluding tert-OH is 3. The van der Waals surface area contributed by atoms with Crippen LogP contribution in [-0.2, 0) is 0 Å². The summed E-state index contributed by atoms with van der Waals surface area (Å²) in [4.78, 5) is 0. The van der Waals surface area contributed by atoms with Gasteiger partial charge in [0.25, 0.3) is 0 Å². The van der Waals surface area contributed by atoms with Crippen LogP contribution in [0.25, 0.3) is 0 Å². The van der Waals surface area contributed by atoms with Crippen LogP contribution in [0, 0.1) is 0 Å². The minimum absolute atomic E-state index is 0.260. The zero-order chi connectivity index (χ0) is 12.7. The van der Waals surface area contributed by atoms with Gasteiger partial charge in [-0.1, -0.05) is 27.7 Å². The fourth-order valence-corrected chi connectivity index (χ4v) is 4.65. The monoisotopic (exact) mass is 268 g/mol. The number of rotatable bonds is 8. The Morgan fingerprint density at radius 1 is 0.875 bits per heavy atom. The molecule has 0 bridgehead atoms. The minimum Gasteiger partial charge on any atom is -0.394 e. The summed E-state index contributed by atoms with van der Waals surface area (Å²) in [5.41, 5.74) is 0. The average Bonchev–Trinajstić information content (AvgIpc) is 2.14. The van der Waals surface area contributed by atoms with Crippen molar-refractivity contribution in [1.82, 2.24) is 0 Å². The van der Waals surface area contributed by atoms with Crippen LogP contribution in [0.2, 0.25) is 0 Å². The predicted molar refractivity (Wildman–Crippen MR) is 73.0 cm³/mol. The third-order valence-electron chi connectivity index (χ3n) is 1.91. The van der Waals surface area contributed by atoms with Crippen LogP contribution in [0.1, 0.15) is 34.1 Å². The largest absolute Gasteiger partial charge is 0.394 e. The number of thioether (sulfide) groups is 2. The molecule has 0 aromatic rings. The quantitative estimate of drug-likeness (QED) is 0.585. The molecule has 0 aliphatic carbocycles. The molecule has 0 amide bonds. The van der Waals surface area contributed by atoms with Crippen LogP contribution in [0.15, 0.2) is 0 Å². The smallest absolute Gasteiger partial charge is 0.103 e. The Morgan fingerprint density at radius 3 is 1.62 bits per heavy atom. The van der Waals surface area contributed by atoms with Gasteiger partial charge in [0.1, 0.15) is 6.10 Å². The summed E-state index contributed by atoms with van der Waals surface area (Å²) < 4.78 is 0.260. The van der Waals surface area contributed by atoms with Gasteiger partial charge < -0.3 is 15.3 Å². The normalized spacial score (nSPS) is 16.1. The molecule has 16 heavy (non-hydrogen) atoms. The van der Waals surface area contributed by atoms with Gasteiger partial charge in [-0.15, -0.1) is 23.5 Å². The molecule has 0 fully saturated rings. The van der Waals surface area contributed by atoms with Crippen molar-refractivity contribution in [2.24, 2.45) is 0 Å². The van der Waals surface area contributed by atoms with E-state index < -0.39 is 12.2 Å². The zero-order valence-corrected chi connectivity index (χ0v) is 12.1. The van der Waals surface area contributed by atoms with Crippen LogP contribution in [0.3, 0.4) is 0 Å². The van der Waals surface area contributed by atoms with E-state index in [4.69, 9.17) is 5.11 Å². The van der Waals surface area contributed by atoms with E-state index in [2.05, 4.69) is 27.7 Å². The fraction of sp³-hybridized carbons (Fsp3) is 1.00. The second-order valence-electron chi connectivity index (χ2n) is 4.35. The summed E-state index contributed by atoms with van der Waals surface area (Å²) in [6.07, 6.45) is -1.36. The third kappa shape index (κ3) is 7.79. The molecule has 3 N–H and O–H groups in total. The highest BCUT2D eigenvalue weighted by Crippen LogP contribution is 2.34. The lowest BCUT2D eigenvalue weighted by molar-refractivity contribution is -0.0154. The molecule has 0 heterocycles. The summed E-state index contributed by atoms with van der Waals surface area (Å²) in [5.74, 6) is 0. The maximum absolute atomic E-state index is 9.68. The predicted octanol–water partition coefficient (Wildman–Crippen LogP) is 1.70. The highest BCUT2D eigenvalue weighted by atomic mass is 32.2. The van der Waals surface area contributed by atoms with Gasteiger partial charge in [-0.2, -0.15) is 0 Å². The van der Waals surface area contributed by atoms with Crippen LogP contribution in [-0.4, -0.2) is 49.2 Å². The first kappa shape index (κ1) is 16.6. The Labute approximate surface area is 107 Å². The Hall–Kier alpha value is 0.580. The Bertz CT molecular complexity index is 167. The minimum atomic E-state index is -1.02. The van der Waals surface area contributed by atoms with Gasteiger partial charge in [-0.3, -0.25) is 0 Å². The van der Waals surface area contributed by atoms with Crippen LogP contribution in [0.5, 0.6) is 0 Å². The van der Waals surface area contributed by atoms with Crippen molar-refractivity contribution >= 4 is 23.5 Å². The average molecular weight is 268 g/mol. The molecule has 0 aromatic heterocycles. The fourth-order valence-electron chi connectivity index (χ4n) is 1.23. The first-order valence-corrected chi connectivity index (χ1v) is 7.53. The van der Waals surface area contributed by atoms with Crippen LogP contribution in [0.4, 0.5) is 0 Å². The van der Waals surface area contributed by atoms with Gasteiger partial charge in [-0.25, -0.2) is 0 Å². The molecule has 0 rings (SSSR count). The SMILES string of the molecule is CC(C)SC(CC(O)C(O)CO)SC(C)C. The standard InChI is InChI=1S/C11H24O3S2/c1-7(2)15-11(16-8(3)4)5-9(13)10(14)6-12/h7-14H,5-6H2,1-4H3. The Balaban J connectivity index is 4.18. The van der Waals surface area contributed by atoms with E-state index in [1.807, 2.05) is 0 Å². The Kier molecular flexibility index (Phi) is 8.95. The van der Waals surface area contributed by atoms with Crippen molar-refractivity contribution in [1.29, 1.82) is 0 Å². The van der Waals surface area contributed by atoms with Crippen molar-refractivity contribution in [2.75, 3.05) is 6.61 Å². The lowest BCUT2D eigenvalue weighted by Gasteiger charge is -2.24. The van der Waals surface area contributed by atoms with Gasteiger partial charge in [0.05, 0.1) is 17.3 Å². The summed E-state index contributed by atoms with van der Waals surface area (Å²) in [7, 11) is 0. The molecule has 2 atom stereocenters. The summed E-state index contributed by atoms with van der Waals surface area (Å²) in [5, 5.41) is 28.8. The molecule has 2 unspecified atom stereocenters. The van der Waals surface area contributed by atoms with Crippen molar-refractivity contribution in [3.05, 3.63) is 0 Å². The molecule has 0 spiro atoms. The van der Waals surface area contributed by atoms with Crippen LogP contribution >= 0.6 is 23.5 Å². The zero-order valence-electron chi connectivity index (χ0n) is 10.5. The highest BCUT2D eigenvalue weighted by molar-refractivity contribution is 8.17. The van der Waals surface area contributed by atoms with E-state index in [9.17, 15) is 10.2 Å². The lowest BCUT2D eigenvalue weighted by atomic mass is 10.2. The van der Waals surface area contributed by atoms with Crippen molar-refractivity contribution in [3.8, 4) is 0 Å². The lowest BCUT2D eigenvalue weighted by Crippen LogP contribution is -2.31. The molecule has 0 saturated heterocycles. The second-order valence-corrected chi connectivity index (χ2v) is 8.22. The molecule has 0 aliphatic rings. The van der Waals surface area contributed by atoms with E-state index in [-0.39, 0.29) is 11.2 Å². The second kappa shape index (κ2) is 8.64. The maximum atomic E-state index is 9.68. The molecular formula is C11H24O3S2. The number of aliphatic hydroxyl groups is 3. The number of hydrogen-bond acceptors (Lipinski definition) is 5. The van der Waals surface area contributed by atoms with Crippen molar-refractivity contribution in [3.63, 3.8) is 0 Å². The first-order valence-electron chi connectivity index (χ1n) is 5.64. The van der Waals surface area contributed by atoms with Gasteiger partial charge in [0.2, 0.25) is 0 Å². The van der Waals surface area contributed by atoms with E-state index >= 15 is 0 Å². The van der Waals surface area contributed by atoms with Gasteiger partial charge in [-0.05, 0) is 6.42 Å². The first-order chi connectivity index (χ1) is 7.36. The van der Waals surface area contributed by atoms with E-state index in [1.54, 1.807) is 23.5 Å². The van der Waals surface area contributed by atoms with Gasteiger partial charge in [0.15, 0.2) is 0 Å². The Morgan fingerprint density at radius 2 is 1.31 bits per heavy atom. The molecule has 0 aliphatic heterocycles. The molecular weight excluding hydrogens is 244 g/mol. The highest BCUT2D eigenvalue weighted by Gasteiger charge is 2.22. The molecule has 0 aromatic carbocycles. The topological polar surface area (TPSA) is 60.7 Å². The van der Waals surface area contributed by atoms with Crippen LogP contribution < -0.4 is 0 Å². The molecule has 5 heteroatoms. The van der Waals surface area contributed by atoms with Gasteiger partial charge >= 0.3 is 0 Å². The molecule has 98 valence electrons. The summed E-state index contributed by atoms with van der Waals surface area (Å²) >= 11 is 3.59. The molecule has 3 nitrogen and oxygen atoms in total. The summed E-state index contributed by atoms with van der Waals surface area (Å²) in [6.45, 7) is 8.09. The van der Waals surface area contributed by atoms with Crippen molar-refractivity contribution < 1.29 is 15.3 Å². The summed E-state index contributed by atoms with van der Waals surface area (Å²) in [6, 6.07) is 0. The van der Waals surface area contributed by atoms with Gasteiger partial charge in [0, 0.05) is 10.5 Å². The van der Waals surface area contributed by atoms with E-state index in [1.165, 1.54) is 0 Å². The van der Waals surface area contributed by atoms with E-state index in [0.29, 0.717) is 16.9 Å². The number of hydrogen-bond donors (Lipinski definition) is 3. The van der Waals surface area contributed by atoms with E-state index in [0.717, 1.165) is 0 Å². The third-order valence-corrected chi connectivity index (χ3v) is 4.66. The van der Waals surface area contributed by atoms with Crippen molar-refractivity contribution in [2.45, 2.75) is 61.4 Å². The molecule has 0 saturated carbocycles.